The van der Waals surface area contributed by atoms with Crippen LogP contribution in [0.2, 0.25) is 0 Å². The minimum absolute atomic E-state index is 0.112. The van der Waals surface area contributed by atoms with Gasteiger partial charge in [0.2, 0.25) is 10.0 Å². The van der Waals surface area contributed by atoms with Gasteiger partial charge in [0.1, 0.15) is 5.82 Å². The summed E-state index contributed by atoms with van der Waals surface area (Å²) in [7, 11) is -3.57. The number of imidazole rings is 1. The number of halogens is 1. The van der Waals surface area contributed by atoms with Crippen LogP contribution < -0.4 is 0 Å². The molecule has 2 saturated heterocycles. The van der Waals surface area contributed by atoms with Crippen LogP contribution in [0.1, 0.15) is 43.7 Å². The molecule has 0 radical (unpaired) electrons. The van der Waals surface area contributed by atoms with E-state index in [-0.39, 0.29) is 11.9 Å². The fourth-order valence-corrected chi connectivity index (χ4v) is 7.68. The number of aromatic nitrogens is 2. The molecule has 3 aromatic rings. The van der Waals surface area contributed by atoms with Crippen molar-refractivity contribution in [3.8, 4) is 0 Å². The Morgan fingerprint density at radius 3 is 2.80 bits per heavy atom. The summed E-state index contributed by atoms with van der Waals surface area (Å²) in [5, 5.41) is 0.792. The van der Waals surface area contributed by atoms with Crippen molar-refractivity contribution in [3.05, 3.63) is 53.3 Å². The summed E-state index contributed by atoms with van der Waals surface area (Å²) in [5.74, 6) is 0.693. The van der Waals surface area contributed by atoms with Gasteiger partial charge >= 0.3 is 0 Å². The van der Waals surface area contributed by atoms with E-state index in [2.05, 4.69) is 11.5 Å². The van der Waals surface area contributed by atoms with Gasteiger partial charge in [-0.3, -0.25) is 0 Å². The van der Waals surface area contributed by atoms with Crippen molar-refractivity contribution in [1.29, 1.82) is 0 Å². The predicted molar refractivity (Wildman–Crippen MR) is 137 cm³/mol. The quantitative estimate of drug-likeness (QED) is 0.394. The van der Waals surface area contributed by atoms with E-state index in [0.29, 0.717) is 41.7 Å². The summed E-state index contributed by atoms with van der Waals surface area (Å²) in [6.45, 7) is 6.62. The first kappa shape index (κ1) is 24.7. The average Bonchev–Trinajstić information content (AvgIpc) is 3.47. The average molecular weight is 518 g/mol. The number of thioether (sulfide) groups is 1. The smallest absolute Gasteiger partial charge is 0.243 e. The maximum Gasteiger partial charge on any atom is 0.243 e. The fourth-order valence-electron chi connectivity index (χ4n) is 4.98. The molecule has 6 nitrogen and oxygen atoms in total. The zero-order chi connectivity index (χ0) is 24.6. The summed E-state index contributed by atoms with van der Waals surface area (Å²) >= 11 is 1.54. The van der Waals surface area contributed by atoms with E-state index in [1.807, 2.05) is 13.0 Å². The van der Waals surface area contributed by atoms with Crippen LogP contribution in [0.15, 0.2) is 46.5 Å². The molecule has 0 unspecified atom stereocenters. The molecule has 2 atom stereocenters. The van der Waals surface area contributed by atoms with Crippen molar-refractivity contribution in [2.45, 2.75) is 68.0 Å². The van der Waals surface area contributed by atoms with Crippen molar-refractivity contribution >= 4 is 32.8 Å². The molecule has 2 fully saturated rings. The molecule has 0 bridgehead atoms. The molecule has 5 rings (SSSR count). The lowest BCUT2D eigenvalue weighted by Crippen LogP contribution is -2.39. The monoisotopic (exact) mass is 517 g/mol. The third-order valence-corrected chi connectivity index (χ3v) is 9.91. The highest BCUT2D eigenvalue weighted by Gasteiger charge is 2.29. The van der Waals surface area contributed by atoms with Gasteiger partial charge in [-0.2, -0.15) is 4.31 Å². The SMILES string of the molecule is Cc1ccc(F)cc1CSc1nc2cc(S(=O)(=O)N3CCC[C@H](C)C3)ccc2n1C[C@@H]1CCCO1. The second kappa shape index (κ2) is 10.2. The number of aryl methyl sites for hydroxylation is 1. The highest BCUT2D eigenvalue weighted by molar-refractivity contribution is 7.98. The van der Waals surface area contributed by atoms with Gasteiger partial charge in [0.15, 0.2) is 5.16 Å². The Morgan fingerprint density at radius 1 is 1.17 bits per heavy atom. The standard InChI is InChI=1S/C26H32FN3O3S2/c1-18-5-3-11-29(15-18)35(31,32)23-9-10-25-24(14-23)28-26(30(25)16-22-6-4-12-33-22)34-17-20-13-21(27)8-7-19(20)2/h7-10,13-14,18,22H,3-6,11-12,15-17H2,1-2H3/t18-,22-/m0/s1. The third-order valence-electron chi connectivity index (χ3n) is 7.02. The summed E-state index contributed by atoms with van der Waals surface area (Å²) in [6, 6.07) is 10.1. The largest absolute Gasteiger partial charge is 0.376 e. The number of benzene rings is 2. The molecule has 35 heavy (non-hydrogen) atoms. The Balaban J connectivity index is 1.48. The highest BCUT2D eigenvalue weighted by Crippen LogP contribution is 2.32. The van der Waals surface area contributed by atoms with Crippen molar-refractivity contribution in [3.63, 3.8) is 0 Å². The summed E-state index contributed by atoms with van der Waals surface area (Å²) in [4.78, 5) is 5.14. The number of ether oxygens (including phenoxy) is 1. The minimum atomic E-state index is -3.57. The molecule has 0 N–H and O–H groups in total. The third kappa shape index (κ3) is 5.28. The molecule has 2 aromatic carbocycles. The number of nitrogens with zero attached hydrogens (tertiary/aromatic N) is 3. The number of rotatable bonds is 7. The molecule has 9 heteroatoms. The fraction of sp³-hybridized carbons (Fsp3) is 0.500. The van der Waals surface area contributed by atoms with Crippen LogP contribution in [0.4, 0.5) is 4.39 Å². The maximum absolute atomic E-state index is 13.8. The molecule has 0 aliphatic carbocycles. The van der Waals surface area contributed by atoms with Crippen molar-refractivity contribution < 1.29 is 17.5 Å². The molecule has 0 saturated carbocycles. The first-order valence-corrected chi connectivity index (χ1v) is 14.7. The first-order chi connectivity index (χ1) is 16.8. The van der Waals surface area contributed by atoms with E-state index in [9.17, 15) is 12.8 Å². The van der Waals surface area contributed by atoms with E-state index >= 15 is 0 Å². The van der Waals surface area contributed by atoms with Crippen LogP contribution >= 0.6 is 11.8 Å². The van der Waals surface area contributed by atoms with Gasteiger partial charge in [0.05, 0.1) is 28.6 Å². The number of fused-ring (bicyclic) bond motifs is 1. The minimum Gasteiger partial charge on any atom is -0.376 e. The lowest BCUT2D eigenvalue weighted by Gasteiger charge is -2.30. The Kier molecular flexibility index (Phi) is 7.21. The molecular formula is C26H32FN3O3S2. The van der Waals surface area contributed by atoms with Crippen LogP contribution in [0, 0.1) is 18.7 Å². The van der Waals surface area contributed by atoms with E-state index in [0.717, 1.165) is 54.1 Å². The molecule has 0 amide bonds. The van der Waals surface area contributed by atoms with Crippen LogP contribution in [0.25, 0.3) is 11.0 Å². The number of hydrogen-bond acceptors (Lipinski definition) is 5. The topological polar surface area (TPSA) is 64.4 Å². The van der Waals surface area contributed by atoms with Crippen molar-refractivity contribution in [2.75, 3.05) is 19.7 Å². The predicted octanol–water partition coefficient (Wildman–Crippen LogP) is 5.38. The summed E-state index contributed by atoms with van der Waals surface area (Å²) in [6.07, 6.45) is 4.09. The van der Waals surface area contributed by atoms with Gasteiger partial charge in [-0.25, -0.2) is 17.8 Å². The van der Waals surface area contributed by atoms with Crippen LogP contribution in [-0.4, -0.2) is 48.1 Å². The van der Waals surface area contributed by atoms with Gasteiger partial charge in [-0.15, -0.1) is 0 Å². The normalized spacial score (nSPS) is 21.7. The Morgan fingerprint density at radius 2 is 2.03 bits per heavy atom. The summed E-state index contributed by atoms with van der Waals surface area (Å²) in [5.41, 5.74) is 3.51. The van der Waals surface area contributed by atoms with E-state index in [4.69, 9.17) is 9.72 Å². The summed E-state index contributed by atoms with van der Waals surface area (Å²) < 4.78 is 50.2. The van der Waals surface area contributed by atoms with Crippen LogP contribution in [0.3, 0.4) is 0 Å². The van der Waals surface area contributed by atoms with Crippen molar-refractivity contribution in [2.24, 2.45) is 5.92 Å². The zero-order valence-electron chi connectivity index (χ0n) is 20.2. The van der Waals surface area contributed by atoms with Gasteiger partial charge < -0.3 is 9.30 Å². The highest BCUT2D eigenvalue weighted by atomic mass is 32.2. The number of hydrogen-bond donors (Lipinski definition) is 0. The first-order valence-electron chi connectivity index (χ1n) is 12.3. The zero-order valence-corrected chi connectivity index (χ0v) is 21.9. The molecule has 188 valence electrons. The molecule has 3 heterocycles. The molecule has 2 aliphatic rings. The number of sulfonamides is 1. The second-order valence-corrected chi connectivity index (χ2v) is 12.6. The molecule has 0 spiro atoms. The van der Waals surface area contributed by atoms with E-state index in [1.54, 1.807) is 40.3 Å². The molecule has 2 aliphatic heterocycles. The Bertz CT molecular complexity index is 1320. The lowest BCUT2D eigenvalue weighted by atomic mass is 10.0. The van der Waals surface area contributed by atoms with Crippen LogP contribution in [-0.2, 0) is 27.1 Å². The second-order valence-electron chi connectivity index (χ2n) is 9.76. The van der Waals surface area contributed by atoms with E-state index in [1.165, 1.54) is 6.07 Å². The molecular weight excluding hydrogens is 485 g/mol. The van der Waals surface area contributed by atoms with Crippen molar-refractivity contribution in [1.82, 2.24) is 13.9 Å². The Hall–Kier alpha value is -1.94. The Labute approximate surface area is 210 Å². The van der Waals surface area contributed by atoms with Gasteiger partial charge in [0, 0.05) is 25.4 Å². The van der Waals surface area contributed by atoms with Crippen LogP contribution in [0.5, 0.6) is 0 Å². The maximum atomic E-state index is 13.8. The van der Waals surface area contributed by atoms with Gasteiger partial charge in [-0.1, -0.05) is 24.8 Å². The molecule has 1 aromatic heterocycles. The number of piperidine rings is 1. The van der Waals surface area contributed by atoms with E-state index < -0.39 is 10.0 Å². The van der Waals surface area contributed by atoms with Gasteiger partial charge in [-0.05, 0) is 80.0 Å². The lowest BCUT2D eigenvalue weighted by molar-refractivity contribution is 0.0960. The van der Waals surface area contributed by atoms with Gasteiger partial charge in [0.25, 0.3) is 0 Å².